The van der Waals surface area contributed by atoms with E-state index in [-0.39, 0.29) is 6.04 Å². The summed E-state index contributed by atoms with van der Waals surface area (Å²) in [6, 6.07) is 1.94. The largest absolute Gasteiger partial charge is 0.387 e. The molecule has 2 aromatic heterocycles. The summed E-state index contributed by atoms with van der Waals surface area (Å²) in [5, 5.41) is 21.6. The predicted molar refractivity (Wildman–Crippen MR) is 91.5 cm³/mol. The lowest BCUT2D eigenvalue weighted by Gasteiger charge is -2.32. The van der Waals surface area contributed by atoms with E-state index in [2.05, 4.69) is 14.9 Å². The minimum absolute atomic E-state index is 0.154. The Morgan fingerprint density at radius 2 is 2.12 bits per heavy atom. The van der Waals surface area contributed by atoms with Crippen molar-refractivity contribution in [3.63, 3.8) is 0 Å². The van der Waals surface area contributed by atoms with Crippen LogP contribution >= 0.6 is 0 Å². The van der Waals surface area contributed by atoms with Crippen LogP contribution in [0.15, 0.2) is 18.6 Å². The Hall–Kier alpha value is -1.78. The first kappa shape index (κ1) is 16.7. The van der Waals surface area contributed by atoms with Gasteiger partial charge in [0, 0.05) is 25.3 Å². The molecule has 0 radical (unpaired) electrons. The van der Waals surface area contributed by atoms with E-state index in [1.807, 2.05) is 0 Å². The molecule has 136 valence electrons. The molecule has 2 aromatic rings. The number of hydrogen-bond acceptors (Lipinski definition) is 8. The summed E-state index contributed by atoms with van der Waals surface area (Å²) in [5.41, 5.74) is 12.4. The molecular weight excluding hydrogens is 324 g/mol. The van der Waals surface area contributed by atoms with Crippen molar-refractivity contribution < 1.29 is 14.9 Å². The van der Waals surface area contributed by atoms with Gasteiger partial charge in [0.15, 0.2) is 6.23 Å². The minimum Gasteiger partial charge on any atom is -0.387 e. The number of nitrogens with zero attached hydrogens (tertiary/aromatic N) is 4. The fourth-order valence-electron chi connectivity index (χ4n) is 3.82. The van der Waals surface area contributed by atoms with Crippen LogP contribution in [-0.4, -0.2) is 73.6 Å². The summed E-state index contributed by atoms with van der Waals surface area (Å²) in [6.07, 6.45) is 1.96. The summed E-state index contributed by atoms with van der Waals surface area (Å²) in [7, 11) is 0. The number of ether oxygens (including phenoxy) is 1. The minimum atomic E-state index is -1.05. The van der Waals surface area contributed by atoms with Crippen LogP contribution in [-0.2, 0) is 4.74 Å². The Kier molecular flexibility index (Phi) is 4.34. The van der Waals surface area contributed by atoms with Gasteiger partial charge in [0.1, 0.15) is 36.1 Å². The maximum absolute atomic E-state index is 10.5. The number of aromatic nitrogens is 3. The molecule has 0 aromatic carbocycles. The molecule has 0 spiro atoms. The second kappa shape index (κ2) is 6.50. The summed E-state index contributed by atoms with van der Waals surface area (Å²) in [4.78, 5) is 10.4. The molecule has 2 aliphatic rings. The summed E-state index contributed by atoms with van der Waals surface area (Å²) in [5.74, 6) is 0.371. The van der Waals surface area contributed by atoms with E-state index in [4.69, 9.17) is 16.2 Å². The second-order valence-corrected chi connectivity index (χ2v) is 6.93. The molecule has 2 saturated heterocycles. The van der Waals surface area contributed by atoms with Crippen LogP contribution in [0.25, 0.3) is 11.0 Å². The zero-order chi connectivity index (χ0) is 17.6. The number of nitrogens with two attached hydrogens (primary N) is 2. The van der Waals surface area contributed by atoms with Crippen LogP contribution in [0.2, 0.25) is 0 Å². The molecule has 2 aliphatic heterocycles. The standard InChI is InChI=1S/C16H24N6O3/c17-9-2-1-4-21(6-9)7-11-12(23)13(24)16(25-11)22-5-3-10-14(18)19-8-20-15(10)22/h3,5,8-9,11-13,16,23-24H,1-2,4,6-7,17H2,(H2,18,19,20)/t9?,11-,12-,13-,16-/m1/s1. The topological polar surface area (TPSA) is 136 Å². The van der Waals surface area contributed by atoms with Crippen molar-refractivity contribution >= 4 is 16.9 Å². The highest BCUT2D eigenvalue weighted by Gasteiger charge is 2.44. The van der Waals surface area contributed by atoms with Crippen LogP contribution < -0.4 is 11.5 Å². The molecular formula is C16H24N6O3. The molecule has 0 bridgehead atoms. The van der Waals surface area contributed by atoms with Crippen LogP contribution in [0.1, 0.15) is 19.1 Å². The van der Waals surface area contributed by atoms with Crippen molar-refractivity contribution in [1.29, 1.82) is 0 Å². The Morgan fingerprint density at radius 1 is 1.28 bits per heavy atom. The zero-order valence-electron chi connectivity index (χ0n) is 13.9. The normalized spacial score (nSPS) is 34.0. The van der Waals surface area contributed by atoms with E-state index < -0.39 is 24.5 Å². The average molecular weight is 348 g/mol. The molecule has 9 nitrogen and oxygen atoms in total. The van der Waals surface area contributed by atoms with Gasteiger partial charge in [-0.05, 0) is 25.5 Å². The third-order valence-electron chi connectivity index (χ3n) is 5.13. The van der Waals surface area contributed by atoms with Crippen LogP contribution in [0.5, 0.6) is 0 Å². The average Bonchev–Trinajstić information content (AvgIpc) is 3.13. The predicted octanol–water partition coefficient (Wildman–Crippen LogP) is -0.944. The molecule has 5 atom stereocenters. The van der Waals surface area contributed by atoms with Crippen molar-refractivity contribution in [2.24, 2.45) is 5.73 Å². The first-order valence-corrected chi connectivity index (χ1v) is 8.61. The van der Waals surface area contributed by atoms with Gasteiger partial charge in [0.2, 0.25) is 0 Å². The summed E-state index contributed by atoms with van der Waals surface area (Å²) >= 11 is 0. The van der Waals surface area contributed by atoms with Crippen molar-refractivity contribution in [3.8, 4) is 0 Å². The van der Waals surface area contributed by atoms with E-state index in [0.717, 1.165) is 25.9 Å². The first-order valence-electron chi connectivity index (χ1n) is 8.61. The van der Waals surface area contributed by atoms with Gasteiger partial charge in [-0.1, -0.05) is 0 Å². The van der Waals surface area contributed by atoms with Crippen LogP contribution in [0, 0.1) is 0 Å². The highest BCUT2D eigenvalue weighted by atomic mass is 16.6. The Labute approximate surface area is 145 Å². The Morgan fingerprint density at radius 3 is 2.92 bits per heavy atom. The van der Waals surface area contributed by atoms with Crippen molar-refractivity contribution in [2.45, 2.75) is 43.4 Å². The lowest BCUT2D eigenvalue weighted by Crippen LogP contribution is -2.47. The maximum Gasteiger partial charge on any atom is 0.164 e. The molecule has 9 heteroatoms. The van der Waals surface area contributed by atoms with Gasteiger partial charge in [-0.2, -0.15) is 0 Å². The van der Waals surface area contributed by atoms with E-state index in [0.29, 0.717) is 23.4 Å². The molecule has 0 saturated carbocycles. The maximum atomic E-state index is 10.5. The number of rotatable bonds is 3. The molecule has 0 aliphatic carbocycles. The number of hydrogen-bond donors (Lipinski definition) is 4. The van der Waals surface area contributed by atoms with Crippen molar-refractivity contribution in [3.05, 3.63) is 18.6 Å². The number of aliphatic hydroxyl groups is 2. The lowest BCUT2D eigenvalue weighted by molar-refractivity contribution is -0.0457. The van der Waals surface area contributed by atoms with E-state index in [9.17, 15) is 10.2 Å². The van der Waals surface area contributed by atoms with Gasteiger partial charge in [0.25, 0.3) is 0 Å². The number of piperidine rings is 1. The van der Waals surface area contributed by atoms with E-state index >= 15 is 0 Å². The highest BCUT2D eigenvalue weighted by molar-refractivity contribution is 5.86. The number of aliphatic hydroxyl groups excluding tert-OH is 2. The Bertz CT molecular complexity index is 753. The molecule has 4 rings (SSSR count). The fraction of sp³-hybridized carbons (Fsp3) is 0.625. The lowest BCUT2D eigenvalue weighted by atomic mass is 10.0. The first-order chi connectivity index (χ1) is 12.0. The van der Waals surface area contributed by atoms with Gasteiger partial charge in [-0.25, -0.2) is 9.97 Å². The molecule has 1 unspecified atom stereocenters. The van der Waals surface area contributed by atoms with Crippen molar-refractivity contribution in [2.75, 3.05) is 25.4 Å². The SMILES string of the molecule is Nc1ncnc2c1ccn2[C@@H]1O[C@H](CN2CCCC(N)C2)[C@@H](O)[C@H]1O. The third-order valence-corrected chi connectivity index (χ3v) is 5.13. The van der Waals surface area contributed by atoms with Gasteiger partial charge >= 0.3 is 0 Å². The van der Waals surface area contributed by atoms with Gasteiger partial charge in [0.05, 0.1) is 5.39 Å². The molecule has 2 fully saturated rings. The van der Waals surface area contributed by atoms with Crippen LogP contribution in [0.4, 0.5) is 5.82 Å². The zero-order valence-corrected chi connectivity index (χ0v) is 13.9. The number of nitrogen functional groups attached to an aromatic ring is 1. The summed E-state index contributed by atoms with van der Waals surface area (Å²) < 4.78 is 7.69. The molecule has 25 heavy (non-hydrogen) atoms. The number of likely N-dealkylation sites (tertiary alicyclic amines) is 1. The molecule has 0 amide bonds. The van der Waals surface area contributed by atoms with Gasteiger partial charge < -0.3 is 31.0 Å². The smallest absolute Gasteiger partial charge is 0.164 e. The quantitative estimate of drug-likeness (QED) is 0.558. The van der Waals surface area contributed by atoms with Crippen molar-refractivity contribution in [1.82, 2.24) is 19.4 Å². The van der Waals surface area contributed by atoms with E-state index in [1.54, 1.807) is 16.8 Å². The van der Waals surface area contributed by atoms with Gasteiger partial charge in [-0.3, -0.25) is 4.90 Å². The summed E-state index contributed by atoms with van der Waals surface area (Å²) in [6.45, 7) is 2.25. The second-order valence-electron chi connectivity index (χ2n) is 6.93. The number of anilines is 1. The molecule has 6 N–H and O–H groups in total. The molecule has 4 heterocycles. The fourth-order valence-corrected chi connectivity index (χ4v) is 3.82. The van der Waals surface area contributed by atoms with E-state index in [1.165, 1.54) is 6.33 Å². The highest BCUT2D eigenvalue weighted by Crippen LogP contribution is 2.33. The number of fused-ring (bicyclic) bond motifs is 1. The monoisotopic (exact) mass is 348 g/mol. The third kappa shape index (κ3) is 2.98. The van der Waals surface area contributed by atoms with Crippen LogP contribution in [0.3, 0.4) is 0 Å². The van der Waals surface area contributed by atoms with Gasteiger partial charge in [-0.15, -0.1) is 0 Å². The Balaban J connectivity index is 1.54.